The smallest absolute Gasteiger partial charge is 0.242 e. The standard InChI is InChI=1S/C11H21N3O/c1-13(2)8-9-4-3-7-14(9)10(15)11(12)5-6-11/h9H,3-8,12H2,1-2H3. The predicted octanol–water partition coefficient (Wildman–Crippen LogP) is 0.0303. The molecule has 1 amide bonds. The number of carbonyl (C=O) groups is 1. The van der Waals surface area contributed by atoms with Crippen LogP contribution in [-0.2, 0) is 4.79 Å². The molecule has 0 aromatic carbocycles. The first-order valence-corrected chi connectivity index (χ1v) is 5.78. The van der Waals surface area contributed by atoms with E-state index in [1.54, 1.807) is 0 Å². The van der Waals surface area contributed by atoms with E-state index >= 15 is 0 Å². The van der Waals surface area contributed by atoms with Crippen molar-refractivity contribution in [2.75, 3.05) is 27.2 Å². The third kappa shape index (κ3) is 2.16. The Morgan fingerprint density at radius 3 is 2.73 bits per heavy atom. The summed E-state index contributed by atoms with van der Waals surface area (Å²) in [5, 5.41) is 0. The second-order valence-corrected chi connectivity index (χ2v) is 5.21. The molecule has 4 nitrogen and oxygen atoms in total. The van der Waals surface area contributed by atoms with Crippen molar-refractivity contribution in [3.63, 3.8) is 0 Å². The number of hydrogen-bond acceptors (Lipinski definition) is 3. The average Bonchev–Trinajstić information content (AvgIpc) is 2.75. The van der Waals surface area contributed by atoms with Gasteiger partial charge in [0.25, 0.3) is 0 Å². The van der Waals surface area contributed by atoms with Gasteiger partial charge in [-0.2, -0.15) is 0 Å². The van der Waals surface area contributed by atoms with E-state index in [2.05, 4.69) is 19.0 Å². The van der Waals surface area contributed by atoms with Gasteiger partial charge in [-0.25, -0.2) is 0 Å². The first-order chi connectivity index (χ1) is 7.03. The summed E-state index contributed by atoms with van der Waals surface area (Å²) < 4.78 is 0. The zero-order chi connectivity index (χ0) is 11.1. The molecule has 1 unspecified atom stereocenters. The Hall–Kier alpha value is -0.610. The summed E-state index contributed by atoms with van der Waals surface area (Å²) in [4.78, 5) is 16.3. The van der Waals surface area contributed by atoms with E-state index < -0.39 is 5.54 Å². The average molecular weight is 211 g/mol. The van der Waals surface area contributed by atoms with Gasteiger partial charge in [-0.15, -0.1) is 0 Å². The van der Waals surface area contributed by atoms with Crippen LogP contribution in [0.4, 0.5) is 0 Å². The van der Waals surface area contributed by atoms with Crippen molar-refractivity contribution in [1.82, 2.24) is 9.80 Å². The molecular formula is C11H21N3O. The molecule has 2 fully saturated rings. The minimum Gasteiger partial charge on any atom is -0.337 e. The lowest BCUT2D eigenvalue weighted by Gasteiger charge is -2.29. The molecule has 2 aliphatic rings. The second kappa shape index (κ2) is 3.76. The van der Waals surface area contributed by atoms with Crippen molar-refractivity contribution >= 4 is 5.91 Å². The first kappa shape index (κ1) is 10.9. The molecule has 1 heterocycles. The fourth-order valence-corrected chi connectivity index (χ4v) is 2.35. The lowest BCUT2D eigenvalue weighted by atomic mass is 10.2. The molecule has 0 aromatic heterocycles. The Morgan fingerprint density at radius 1 is 1.53 bits per heavy atom. The highest BCUT2D eigenvalue weighted by Crippen LogP contribution is 2.36. The molecule has 0 aromatic rings. The molecule has 1 aliphatic heterocycles. The summed E-state index contributed by atoms with van der Waals surface area (Å²) in [6.45, 7) is 1.86. The van der Waals surface area contributed by atoms with Gasteiger partial charge in [0.2, 0.25) is 5.91 Å². The summed E-state index contributed by atoms with van der Waals surface area (Å²) in [5.41, 5.74) is 5.47. The Morgan fingerprint density at radius 2 is 2.20 bits per heavy atom. The predicted molar refractivity (Wildman–Crippen MR) is 59.4 cm³/mol. The van der Waals surface area contributed by atoms with Crippen molar-refractivity contribution in [3.8, 4) is 0 Å². The third-order valence-corrected chi connectivity index (χ3v) is 3.43. The van der Waals surface area contributed by atoms with E-state index in [0.717, 1.165) is 38.8 Å². The zero-order valence-electron chi connectivity index (χ0n) is 9.70. The van der Waals surface area contributed by atoms with Crippen LogP contribution >= 0.6 is 0 Å². The SMILES string of the molecule is CN(C)CC1CCCN1C(=O)C1(N)CC1. The van der Waals surface area contributed by atoms with Gasteiger partial charge >= 0.3 is 0 Å². The van der Waals surface area contributed by atoms with E-state index in [0.29, 0.717) is 6.04 Å². The fraction of sp³-hybridized carbons (Fsp3) is 0.909. The number of rotatable bonds is 3. The summed E-state index contributed by atoms with van der Waals surface area (Å²) in [5.74, 6) is 0.187. The zero-order valence-corrected chi connectivity index (χ0v) is 9.70. The van der Waals surface area contributed by atoms with E-state index in [1.165, 1.54) is 0 Å². The molecule has 0 radical (unpaired) electrons. The maximum Gasteiger partial charge on any atom is 0.242 e. The molecule has 4 heteroatoms. The van der Waals surface area contributed by atoms with Crippen LogP contribution in [0.15, 0.2) is 0 Å². The van der Waals surface area contributed by atoms with Gasteiger partial charge in [0.15, 0.2) is 0 Å². The highest BCUT2D eigenvalue weighted by atomic mass is 16.2. The van der Waals surface area contributed by atoms with Crippen molar-refractivity contribution in [3.05, 3.63) is 0 Å². The molecule has 1 atom stereocenters. The maximum absolute atomic E-state index is 12.1. The van der Waals surface area contributed by atoms with Crippen LogP contribution in [0.3, 0.4) is 0 Å². The number of nitrogens with two attached hydrogens (primary N) is 1. The lowest BCUT2D eigenvalue weighted by molar-refractivity contribution is -0.134. The van der Waals surface area contributed by atoms with Gasteiger partial charge in [-0.1, -0.05) is 0 Å². The normalized spacial score (nSPS) is 28.5. The van der Waals surface area contributed by atoms with Gasteiger partial charge in [0, 0.05) is 19.1 Å². The minimum atomic E-state index is -0.491. The van der Waals surface area contributed by atoms with E-state index in [-0.39, 0.29) is 5.91 Å². The fourth-order valence-electron chi connectivity index (χ4n) is 2.35. The summed E-state index contributed by atoms with van der Waals surface area (Å²) in [6, 6.07) is 0.383. The first-order valence-electron chi connectivity index (χ1n) is 5.78. The van der Waals surface area contributed by atoms with Crippen LogP contribution < -0.4 is 5.73 Å². The number of amides is 1. The molecule has 1 saturated heterocycles. The van der Waals surface area contributed by atoms with E-state index in [1.807, 2.05) is 4.90 Å². The van der Waals surface area contributed by atoms with Crippen molar-refractivity contribution in [2.24, 2.45) is 5.73 Å². The quantitative estimate of drug-likeness (QED) is 0.716. The minimum absolute atomic E-state index is 0.187. The van der Waals surface area contributed by atoms with E-state index in [9.17, 15) is 4.79 Å². The van der Waals surface area contributed by atoms with Gasteiger partial charge in [-0.05, 0) is 39.8 Å². The van der Waals surface area contributed by atoms with Gasteiger partial charge in [0.1, 0.15) is 0 Å². The molecule has 2 rings (SSSR count). The Labute approximate surface area is 91.4 Å². The Balaban J connectivity index is 1.98. The molecule has 86 valence electrons. The molecule has 1 aliphatic carbocycles. The number of likely N-dealkylation sites (N-methyl/N-ethyl adjacent to an activating group) is 1. The Bertz CT molecular complexity index is 261. The molecule has 1 saturated carbocycles. The molecule has 2 N–H and O–H groups in total. The van der Waals surface area contributed by atoms with Crippen LogP contribution in [0, 0.1) is 0 Å². The van der Waals surface area contributed by atoms with Crippen LogP contribution in [-0.4, -0.2) is 54.5 Å². The van der Waals surface area contributed by atoms with Gasteiger partial charge < -0.3 is 15.5 Å². The van der Waals surface area contributed by atoms with Crippen LogP contribution in [0.25, 0.3) is 0 Å². The summed E-state index contributed by atoms with van der Waals surface area (Å²) >= 11 is 0. The topological polar surface area (TPSA) is 49.6 Å². The Kier molecular flexibility index (Phi) is 2.73. The van der Waals surface area contributed by atoms with Crippen LogP contribution in [0.1, 0.15) is 25.7 Å². The maximum atomic E-state index is 12.1. The van der Waals surface area contributed by atoms with Crippen LogP contribution in [0.5, 0.6) is 0 Å². The second-order valence-electron chi connectivity index (χ2n) is 5.21. The molecule has 0 spiro atoms. The number of hydrogen-bond donors (Lipinski definition) is 1. The summed E-state index contributed by atoms with van der Waals surface area (Å²) in [7, 11) is 4.10. The summed E-state index contributed by atoms with van der Waals surface area (Å²) in [6.07, 6.45) is 3.99. The van der Waals surface area contributed by atoms with Gasteiger partial charge in [-0.3, -0.25) is 4.79 Å². The monoisotopic (exact) mass is 211 g/mol. The van der Waals surface area contributed by atoms with Gasteiger partial charge in [0.05, 0.1) is 5.54 Å². The molecule has 0 bridgehead atoms. The highest BCUT2D eigenvalue weighted by Gasteiger charge is 2.50. The third-order valence-electron chi connectivity index (χ3n) is 3.43. The van der Waals surface area contributed by atoms with Crippen molar-refractivity contribution < 1.29 is 4.79 Å². The van der Waals surface area contributed by atoms with E-state index in [4.69, 9.17) is 5.73 Å². The molecule has 15 heavy (non-hydrogen) atoms. The van der Waals surface area contributed by atoms with Crippen LogP contribution in [0.2, 0.25) is 0 Å². The number of nitrogens with zero attached hydrogens (tertiary/aromatic N) is 2. The number of likely N-dealkylation sites (tertiary alicyclic amines) is 1. The molecular weight excluding hydrogens is 190 g/mol. The van der Waals surface area contributed by atoms with Crippen molar-refractivity contribution in [1.29, 1.82) is 0 Å². The number of carbonyl (C=O) groups excluding carboxylic acids is 1. The largest absolute Gasteiger partial charge is 0.337 e. The lowest BCUT2D eigenvalue weighted by Crippen LogP contribution is -2.50. The van der Waals surface area contributed by atoms with Crippen molar-refractivity contribution in [2.45, 2.75) is 37.3 Å². The highest BCUT2D eigenvalue weighted by molar-refractivity contribution is 5.89.